The first kappa shape index (κ1) is 33.1. The number of ketones is 2. The fourth-order valence-corrected chi connectivity index (χ4v) is 4.46. The van der Waals surface area contributed by atoms with Crippen LogP contribution in [-0.2, 0) is 23.9 Å². The number of ether oxygens (including phenoxy) is 2. The predicted molar refractivity (Wildman–Crippen MR) is 141 cm³/mol. The number of aliphatic carboxylic acids is 1. The number of carbonyl (C=O) groups excluding carboxylic acids is 2. The maximum absolute atomic E-state index is 11.9. The van der Waals surface area contributed by atoms with Gasteiger partial charge < -0.3 is 14.6 Å². The summed E-state index contributed by atoms with van der Waals surface area (Å²) in [7, 11) is 0. The molecule has 1 unspecified atom stereocenters. The highest BCUT2D eigenvalue weighted by Crippen LogP contribution is 2.17. The van der Waals surface area contributed by atoms with Crippen LogP contribution in [0, 0.1) is 11.8 Å². The van der Waals surface area contributed by atoms with Gasteiger partial charge in [-0.25, -0.2) is 4.79 Å². The van der Waals surface area contributed by atoms with Gasteiger partial charge in [-0.05, 0) is 55.4 Å². The molecule has 200 valence electrons. The van der Waals surface area contributed by atoms with Crippen LogP contribution in [0.3, 0.4) is 0 Å². The zero-order valence-electron chi connectivity index (χ0n) is 22.0. The van der Waals surface area contributed by atoms with Gasteiger partial charge in [-0.1, -0.05) is 46.5 Å². The second kappa shape index (κ2) is 23.8. The molecule has 7 heteroatoms. The van der Waals surface area contributed by atoms with Crippen molar-refractivity contribution in [3.63, 3.8) is 0 Å². The number of carbonyl (C=O) groups is 3. The van der Waals surface area contributed by atoms with Gasteiger partial charge in [0.05, 0.1) is 13.2 Å². The first-order valence-electron chi connectivity index (χ1n) is 13.3. The number of Topliss-reactive ketones (excluding diaryl/α,β-unsaturated/α-hetero) is 2. The molecule has 1 N–H and O–H groups in total. The van der Waals surface area contributed by atoms with Crippen LogP contribution in [0.25, 0.3) is 0 Å². The molecule has 34 heavy (non-hydrogen) atoms. The topological polar surface area (TPSA) is 89.9 Å². The van der Waals surface area contributed by atoms with Crippen LogP contribution in [-0.4, -0.2) is 60.6 Å². The fraction of sp³-hybridized carbons (Fsp3) is 0.889. The third kappa shape index (κ3) is 24.2. The van der Waals surface area contributed by atoms with Crippen molar-refractivity contribution in [2.75, 3.05) is 37.9 Å². The second-order valence-electron chi connectivity index (χ2n) is 9.61. The fourth-order valence-electron chi connectivity index (χ4n) is 3.43. The number of thioether (sulfide) groups is 1. The lowest BCUT2D eigenvalue weighted by Crippen LogP contribution is -2.12. The van der Waals surface area contributed by atoms with Gasteiger partial charge in [-0.15, -0.1) is 0 Å². The quantitative estimate of drug-likeness (QED) is 0.138. The molecule has 0 rings (SSSR count). The van der Waals surface area contributed by atoms with Gasteiger partial charge in [0.25, 0.3) is 0 Å². The van der Waals surface area contributed by atoms with Crippen molar-refractivity contribution >= 4 is 29.3 Å². The van der Waals surface area contributed by atoms with E-state index in [1.54, 1.807) is 0 Å². The average molecular weight is 503 g/mol. The van der Waals surface area contributed by atoms with Crippen molar-refractivity contribution in [2.24, 2.45) is 11.8 Å². The first-order valence-corrected chi connectivity index (χ1v) is 14.5. The van der Waals surface area contributed by atoms with Crippen LogP contribution >= 0.6 is 11.8 Å². The molecule has 0 amide bonds. The third-order valence-electron chi connectivity index (χ3n) is 6.02. The van der Waals surface area contributed by atoms with Crippen molar-refractivity contribution in [3.8, 4) is 0 Å². The lowest BCUT2D eigenvalue weighted by atomic mass is 9.91. The molecule has 0 spiro atoms. The Hall–Kier alpha value is -0.920. The van der Waals surface area contributed by atoms with E-state index < -0.39 is 5.97 Å². The maximum Gasteiger partial charge on any atom is 0.329 e. The predicted octanol–water partition coefficient (Wildman–Crippen LogP) is 6.34. The molecular formula is C27H50O6S. The van der Waals surface area contributed by atoms with E-state index in [2.05, 4.69) is 20.8 Å². The molecule has 0 fully saturated rings. The highest BCUT2D eigenvalue weighted by molar-refractivity contribution is 7.99. The highest BCUT2D eigenvalue weighted by Gasteiger charge is 2.12. The van der Waals surface area contributed by atoms with E-state index in [1.165, 1.54) is 43.6 Å². The number of carboxylic acid groups (broad SMARTS) is 1. The van der Waals surface area contributed by atoms with Crippen LogP contribution < -0.4 is 0 Å². The van der Waals surface area contributed by atoms with E-state index in [0.29, 0.717) is 55.9 Å². The molecule has 6 nitrogen and oxygen atoms in total. The Balaban J connectivity index is 3.28. The molecule has 0 aromatic carbocycles. The maximum atomic E-state index is 11.9. The summed E-state index contributed by atoms with van der Waals surface area (Å²) in [6.45, 7) is 7.38. The monoisotopic (exact) mass is 502 g/mol. The Morgan fingerprint density at radius 2 is 1.21 bits per heavy atom. The van der Waals surface area contributed by atoms with Crippen LogP contribution in [0.4, 0.5) is 0 Å². The van der Waals surface area contributed by atoms with Crippen molar-refractivity contribution in [1.29, 1.82) is 0 Å². The van der Waals surface area contributed by atoms with Crippen LogP contribution in [0.1, 0.15) is 104 Å². The summed E-state index contributed by atoms with van der Waals surface area (Å²) in [5.41, 5.74) is 0. The summed E-state index contributed by atoms with van der Waals surface area (Å²) >= 11 is 2.02. The van der Waals surface area contributed by atoms with E-state index in [1.807, 2.05) is 11.8 Å². The normalized spacial score (nSPS) is 12.2. The van der Waals surface area contributed by atoms with Gasteiger partial charge in [0.15, 0.2) is 0 Å². The average Bonchev–Trinajstić information content (AvgIpc) is 2.78. The van der Waals surface area contributed by atoms with Crippen molar-refractivity contribution in [3.05, 3.63) is 0 Å². The summed E-state index contributed by atoms with van der Waals surface area (Å²) in [5, 5.41) is 8.43. The molecule has 0 saturated carbocycles. The van der Waals surface area contributed by atoms with Gasteiger partial charge >= 0.3 is 5.97 Å². The van der Waals surface area contributed by atoms with E-state index in [9.17, 15) is 14.4 Å². The summed E-state index contributed by atoms with van der Waals surface area (Å²) in [5.74, 6) is 3.23. The van der Waals surface area contributed by atoms with Crippen molar-refractivity contribution < 1.29 is 29.0 Å². The Kier molecular flexibility index (Phi) is 23.2. The van der Waals surface area contributed by atoms with Crippen LogP contribution in [0.5, 0.6) is 0 Å². The van der Waals surface area contributed by atoms with Crippen molar-refractivity contribution in [2.45, 2.75) is 104 Å². The molecule has 0 aliphatic carbocycles. The minimum Gasteiger partial charge on any atom is -0.480 e. The number of carboxylic acids is 1. The van der Waals surface area contributed by atoms with Crippen LogP contribution in [0.2, 0.25) is 0 Å². The van der Waals surface area contributed by atoms with Gasteiger partial charge in [-0.2, -0.15) is 11.8 Å². The highest BCUT2D eigenvalue weighted by atomic mass is 32.2. The minimum absolute atomic E-state index is 0.262. The standard InChI is InChI=1S/C27H50O6S/c1-23(2)24(3)21-26(29)14-8-5-4-6-10-19-34-20-11-7-9-13-25(28)15-12-16-32-17-18-33-22-27(30)31/h23-24H,4-22H2,1-3H3,(H,30,31). The molecule has 1 atom stereocenters. The number of hydrogen-bond donors (Lipinski definition) is 1. The lowest BCUT2D eigenvalue weighted by Gasteiger charge is -2.14. The molecule has 0 aromatic rings. The third-order valence-corrected chi connectivity index (χ3v) is 7.17. The largest absolute Gasteiger partial charge is 0.480 e. The molecule has 0 aromatic heterocycles. The SMILES string of the molecule is CC(C)C(C)CC(=O)CCCCCCCSCCCCCC(=O)CCCOCCOCC(=O)O. The van der Waals surface area contributed by atoms with Gasteiger partial charge in [0, 0.05) is 32.3 Å². The Morgan fingerprint density at radius 3 is 1.85 bits per heavy atom. The van der Waals surface area contributed by atoms with E-state index >= 15 is 0 Å². The van der Waals surface area contributed by atoms with Crippen molar-refractivity contribution in [1.82, 2.24) is 0 Å². The molecule has 0 heterocycles. The lowest BCUT2D eigenvalue weighted by molar-refractivity contribution is -0.142. The van der Waals surface area contributed by atoms with Gasteiger partial charge in [0.2, 0.25) is 0 Å². The Morgan fingerprint density at radius 1 is 0.676 bits per heavy atom. The van der Waals surface area contributed by atoms with Crippen LogP contribution in [0.15, 0.2) is 0 Å². The van der Waals surface area contributed by atoms with Gasteiger partial charge in [-0.3, -0.25) is 9.59 Å². The summed E-state index contributed by atoms with van der Waals surface area (Å²) in [4.78, 5) is 34.1. The zero-order valence-corrected chi connectivity index (χ0v) is 22.8. The molecule has 0 bridgehead atoms. The van der Waals surface area contributed by atoms with E-state index in [-0.39, 0.29) is 13.2 Å². The number of unbranched alkanes of at least 4 members (excludes halogenated alkanes) is 6. The minimum atomic E-state index is -0.983. The molecule has 0 radical (unpaired) electrons. The smallest absolute Gasteiger partial charge is 0.329 e. The number of rotatable bonds is 26. The second-order valence-corrected chi connectivity index (χ2v) is 10.8. The molecule has 0 saturated heterocycles. The van der Waals surface area contributed by atoms with Gasteiger partial charge in [0.1, 0.15) is 18.2 Å². The molecule has 0 aliphatic rings. The van der Waals surface area contributed by atoms with E-state index in [4.69, 9.17) is 14.6 Å². The zero-order chi connectivity index (χ0) is 25.4. The molecular weight excluding hydrogens is 452 g/mol. The number of hydrogen-bond acceptors (Lipinski definition) is 6. The first-order chi connectivity index (χ1) is 16.3. The summed E-state index contributed by atoms with van der Waals surface area (Å²) in [6.07, 6.45) is 12.7. The Labute approximate surface area is 212 Å². The molecule has 0 aliphatic heterocycles. The van der Waals surface area contributed by atoms with E-state index in [0.717, 1.165) is 32.1 Å². The summed E-state index contributed by atoms with van der Waals surface area (Å²) < 4.78 is 10.2. The summed E-state index contributed by atoms with van der Waals surface area (Å²) in [6, 6.07) is 0. The Bertz CT molecular complexity index is 523.